The van der Waals surface area contributed by atoms with Gasteiger partial charge in [0.2, 0.25) is 11.9 Å². The molecule has 0 unspecified atom stereocenters. The van der Waals surface area contributed by atoms with Crippen LogP contribution in [0.15, 0.2) is 24.4 Å². The van der Waals surface area contributed by atoms with E-state index in [1.54, 1.807) is 6.20 Å². The predicted octanol–water partition coefficient (Wildman–Crippen LogP) is 2.83. The highest BCUT2D eigenvalue weighted by Gasteiger charge is 2.31. The minimum absolute atomic E-state index is 0.0625. The molecule has 9 nitrogen and oxygen atoms in total. The molecule has 1 amide bonds. The number of amides is 1. The molecule has 166 valence electrons. The summed E-state index contributed by atoms with van der Waals surface area (Å²) >= 11 is 0. The molecule has 0 bridgehead atoms. The number of aromatic amines is 1. The van der Waals surface area contributed by atoms with Crippen molar-refractivity contribution in [2.45, 2.75) is 44.6 Å². The zero-order valence-corrected chi connectivity index (χ0v) is 18.1. The quantitative estimate of drug-likeness (QED) is 0.639. The van der Waals surface area contributed by atoms with Gasteiger partial charge in [-0.25, -0.2) is 19.9 Å². The van der Waals surface area contributed by atoms with Gasteiger partial charge in [0.1, 0.15) is 11.5 Å². The molecule has 6 rings (SSSR count). The molecule has 3 aromatic heterocycles. The fourth-order valence-electron chi connectivity index (χ4n) is 4.73. The lowest BCUT2D eigenvalue weighted by molar-refractivity contribution is -0.134. The number of nitrogens with zero attached hydrogens (tertiary/aromatic N) is 6. The van der Waals surface area contributed by atoms with Crippen molar-refractivity contribution in [3.63, 3.8) is 0 Å². The number of hydrogen-bond acceptors (Lipinski definition) is 7. The second kappa shape index (κ2) is 8.03. The molecule has 3 aliphatic rings. The van der Waals surface area contributed by atoms with Crippen molar-refractivity contribution in [2.75, 3.05) is 36.4 Å². The van der Waals surface area contributed by atoms with Crippen molar-refractivity contribution >= 4 is 28.8 Å². The van der Waals surface area contributed by atoms with Gasteiger partial charge in [-0.3, -0.25) is 4.79 Å². The molecule has 2 aliphatic heterocycles. The maximum atomic E-state index is 12.9. The highest BCUT2D eigenvalue weighted by atomic mass is 16.2. The molecule has 3 fully saturated rings. The number of fused-ring (bicyclic) bond motifs is 1. The number of carbonyl (C=O) groups excluding carboxylic acids is 1. The number of pyridine rings is 1. The van der Waals surface area contributed by atoms with Crippen LogP contribution in [0.1, 0.15) is 38.5 Å². The van der Waals surface area contributed by atoms with E-state index in [1.807, 2.05) is 23.1 Å². The van der Waals surface area contributed by atoms with Crippen molar-refractivity contribution in [3.05, 3.63) is 24.4 Å². The van der Waals surface area contributed by atoms with Crippen LogP contribution < -0.4 is 10.2 Å². The predicted molar refractivity (Wildman–Crippen MR) is 122 cm³/mol. The average molecular weight is 433 g/mol. The highest BCUT2D eigenvalue weighted by molar-refractivity contribution is 5.80. The first-order valence-electron chi connectivity index (χ1n) is 11.7. The van der Waals surface area contributed by atoms with Gasteiger partial charge in [-0.05, 0) is 56.7 Å². The minimum atomic E-state index is 0.0625. The van der Waals surface area contributed by atoms with Crippen molar-refractivity contribution in [2.24, 2.45) is 5.92 Å². The summed E-state index contributed by atoms with van der Waals surface area (Å²) < 4.78 is 0. The first-order chi connectivity index (χ1) is 15.7. The molecular formula is C23H28N8O. The molecule has 9 heteroatoms. The number of carbonyl (C=O) groups is 1. The van der Waals surface area contributed by atoms with E-state index in [1.165, 1.54) is 12.8 Å². The van der Waals surface area contributed by atoms with Gasteiger partial charge in [0, 0.05) is 38.4 Å². The second-order valence-corrected chi connectivity index (χ2v) is 9.13. The Hall–Kier alpha value is -3.23. The van der Waals surface area contributed by atoms with Gasteiger partial charge in [0.05, 0.1) is 11.4 Å². The van der Waals surface area contributed by atoms with Crippen LogP contribution in [-0.4, -0.2) is 67.9 Å². The molecular weight excluding hydrogens is 404 g/mol. The standard InChI is InChI=1S/C23H28N8O/c32-22(30-11-1-2-12-30)15-4-3-13-31(14-15)19-8-7-17-21(28-19)29-20(26-17)18-9-10-24-23(27-18)25-16-5-6-16/h7-10,15-16H,1-6,11-14H2,(H,24,25,27)(H,26,28,29)/t15-/m1/s1. The minimum Gasteiger partial charge on any atom is -0.356 e. The number of piperidine rings is 1. The summed E-state index contributed by atoms with van der Waals surface area (Å²) in [5, 5.41) is 3.33. The third-order valence-corrected chi connectivity index (χ3v) is 6.65. The number of imidazole rings is 1. The SMILES string of the molecule is O=C([C@@H]1CCCN(c2ccc3[nH]c(-c4ccnc(NC5CC5)n4)nc3n2)C1)N1CCCC1. The fourth-order valence-corrected chi connectivity index (χ4v) is 4.73. The van der Waals surface area contributed by atoms with Gasteiger partial charge in [-0.1, -0.05) is 0 Å². The van der Waals surface area contributed by atoms with Crippen molar-refractivity contribution in [1.82, 2.24) is 29.8 Å². The van der Waals surface area contributed by atoms with Crippen molar-refractivity contribution in [3.8, 4) is 11.5 Å². The smallest absolute Gasteiger partial charge is 0.227 e. The summed E-state index contributed by atoms with van der Waals surface area (Å²) in [5.41, 5.74) is 2.29. The third-order valence-electron chi connectivity index (χ3n) is 6.65. The van der Waals surface area contributed by atoms with E-state index in [0.717, 1.165) is 68.9 Å². The first-order valence-corrected chi connectivity index (χ1v) is 11.7. The van der Waals surface area contributed by atoms with Gasteiger partial charge in [0.15, 0.2) is 11.5 Å². The lowest BCUT2D eigenvalue weighted by atomic mass is 9.96. The van der Waals surface area contributed by atoms with Crippen LogP contribution >= 0.6 is 0 Å². The number of aromatic nitrogens is 5. The van der Waals surface area contributed by atoms with E-state index in [0.29, 0.717) is 29.4 Å². The average Bonchev–Trinajstić information content (AvgIpc) is 3.30. The molecule has 2 N–H and O–H groups in total. The number of hydrogen-bond donors (Lipinski definition) is 2. The third kappa shape index (κ3) is 3.87. The summed E-state index contributed by atoms with van der Waals surface area (Å²) in [6.45, 7) is 3.47. The van der Waals surface area contributed by atoms with E-state index in [-0.39, 0.29) is 5.92 Å². The number of anilines is 2. The molecule has 0 aromatic carbocycles. The maximum Gasteiger partial charge on any atom is 0.227 e. The zero-order chi connectivity index (χ0) is 21.5. The van der Waals surface area contributed by atoms with Crippen LogP contribution in [0, 0.1) is 5.92 Å². The molecule has 2 saturated heterocycles. The number of nitrogens with one attached hydrogen (secondary N) is 2. The molecule has 32 heavy (non-hydrogen) atoms. The second-order valence-electron chi connectivity index (χ2n) is 9.13. The van der Waals surface area contributed by atoms with Gasteiger partial charge >= 0.3 is 0 Å². The molecule has 1 saturated carbocycles. The summed E-state index contributed by atoms with van der Waals surface area (Å²) in [5.74, 6) is 2.59. The van der Waals surface area contributed by atoms with Crippen LogP contribution in [0.25, 0.3) is 22.7 Å². The van der Waals surface area contributed by atoms with Crippen LogP contribution in [0.5, 0.6) is 0 Å². The van der Waals surface area contributed by atoms with Crippen LogP contribution in [-0.2, 0) is 4.79 Å². The number of H-pyrrole nitrogens is 1. The van der Waals surface area contributed by atoms with Gasteiger partial charge < -0.3 is 20.1 Å². The normalized spacial score (nSPS) is 21.3. The lowest BCUT2D eigenvalue weighted by Crippen LogP contribution is -2.44. The van der Waals surface area contributed by atoms with Crippen LogP contribution in [0.2, 0.25) is 0 Å². The largest absolute Gasteiger partial charge is 0.356 e. The molecule has 1 aliphatic carbocycles. The fraction of sp³-hybridized carbons (Fsp3) is 0.522. The summed E-state index contributed by atoms with van der Waals surface area (Å²) in [4.78, 5) is 38.9. The Morgan fingerprint density at radius 1 is 1.00 bits per heavy atom. The van der Waals surface area contributed by atoms with E-state index in [9.17, 15) is 4.79 Å². The van der Waals surface area contributed by atoms with E-state index >= 15 is 0 Å². The molecule has 5 heterocycles. The van der Waals surface area contributed by atoms with Crippen LogP contribution in [0.4, 0.5) is 11.8 Å². The van der Waals surface area contributed by atoms with E-state index in [4.69, 9.17) is 9.97 Å². The summed E-state index contributed by atoms with van der Waals surface area (Å²) in [6.07, 6.45) is 8.33. The molecule has 0 spiro atoms. The lowest BCUT2D eigenvalue weighted by Gasteiger charge is -2.34. The maximum absolute atomic E-state index is 12.9. The molecule has 0 radical (unpaired) electrons. The Kier molecular flexibility index (Phi) is 4.88. The topological polar surface area (TPSA) is 103 Å². The Balaban J connectivity index is 1.21. The van der Waals surface area contributed by atoms with Gasteiger partial charge in [-0.15, -0.1) is 0 Å². The molecule has 1 atom stereocenters. The van der Waals surface area contributed by atoms with Gasteiger partial charge in [-0.2, -0.15) is 0 Å². The Labute approximate surface area is 186 Å². The number of rotatable bonds is 5. The Morgan fingerprint density at radius 2 is 1.88 bits per heavy atom. The zero-order valence-electron chi connectivity index (χ0n) is 18.1. The van der Waals surface area contributed by atoms with E-state index in [2.05, 4.69) is 25.2 Å². The van der Waals surface area contributed by atoms with Crippen molar-refractivity contribution < 1.29 is 4.79 Å². The van der Waals surface area contributed by atoms with Gasteiger partial charge in [0.25, 0.3) is 0 Å². The van der Waals surface area contributed by atoms with Crippen LogP contribution in [0.3, 0.4) is 0 Å². The highest BCUT2D eigenvalue weighted by Crippen LogP contribution is 2.27. The van der Waals surface area contributed by atoms with Crippen molar-refractivity contribution in [1.29, 1.82) is 0 Å². The monoisotopic (exact) mass is 432 g/mol. The number of likely N-dealkylation sites (tertiary alicyclic amines) is 1. The summed E-state index contributed by atoms with van der Waals surface area (Å²) in [6, 6.07) is 6.39. The Bertz CT molecular complexity index is 1130. The first kappa shape index (κ1) is 19.5. The summed E-state index contributed by atoms with van der Waals surface area (Å²) in [7, 11) is 0. The van der Waals surface area contributed by atoms with E-state index < -0.39 is 0 Å². The molecule has 3 aromatic rings. The Morgan fingerprint density at radius 3 is 2.72 bits per heavy atom.